The zero-order valence-electron chi connectivity index (χ0n) is 18.1. The van der Waals surface area contributed by atoms with Crippen LogP contribution in [0.15, 0.2) is 29.2 Å². The molecule has 30 heavy (non-hydrogen) atoms. The minimum Gasteiger partial charge on any atom is -0.497 e. The Labute approximate surface area is 180 Å². The monoisotopic (exact) mass is 437 g/mol. The van der Waals surface area contributed by atoms with Gasteiger partial charge in [0.15, 0.2) is 0 Å². The molecular weight excluding hydrogens is 402 g/mol. The maximum Gasteiger partial charge on any atom is 0.240 e. The molecule has 1 amide bonds. The smallest absolute Gasteiger partial charge is 0.240 e. The fourth-order valence-electron chi connectivity index (χ4n) is 4.60. The third-order valence-corrected chi connectivity index (χ3v) is 8.01. The average Bonchev–Trinajstić information content (AvgIpc) is 3.24. The van der Waals surface area contributed by atoms with Crippen molar-refractivity contribution in [1.82, 2.24) is 14.9 Å². The van der Waals surface area contributed by atoms with Crippen molar-refractivity contribution >= 4 is 15.9 Å². The summed E-state index contributed by atoms with van der Waals surface area (Å²) < 4.78 is 32.8. The van der Waals surface area contributed by atoms with E-state index < -0.39 is 10.0 Å². The number of amides is 1. The Balaban J connectivity index is 1.40. The molecule has 7 nitrogen and oxygen atoms in total. The second-order valence-electron chi connectivity index (χ2n) is 8.41. The lowest BCUT2D eigenvalue weighted by molar-refractivity contribution is -0.126. The number of rotatable bonds is 9. The highest BCUT2D eigenvalue weighted by Crippen LogP contribution is 2.29. The van der Waals surface area contributed by atoms with Crippen LogP contribution >= 0.6 is 0 Å². The van der Waals surface area contributed by atoms with Gasteiger partial charge in [0.25, 0.3) is 0 Å². The maximum atomic E-state index is 12.6. The summed E-state index contributed by atoms with van der Waals surface area (Å²) in [6.45, 7) is 5.50. The van der Waals surface area contributed by atoms with E-state index in [4.69, 9.17) is 4.74 Å². The van der Waals surface area contributed by atoms with E-state index in [-0.39, 0.29) is 22.6 Å². The molecule has 2 N–H and O–H groups in total. The summed E-state index contributed by atoms with van der Waals surface area (Å²) in [4.78, 5) is 15.2. The Kier molecular flexibility index (Phi) is 8.13. The number of likely N-dealkylation sites (N-methyl/N-ethyl adjacent to an activating group) is 1. The third-order valence-electron chi connectivity index (χ3n) is 6.57. The highest BCUT2D eigenvalue weighted by Gasteiger charge is 2.29. The van der Waals surface area contributed by atoms with Gasteiger partial charge in [-0.3, -0.25) is 9.69 Å². The molecular formula is C22H35N3O4S. The van der Waals surface area contributed by atoms with E-state index in [9.17, 15) is 13.2 Å². The summed E-state index contributed by atoms with van der Waals surface area (Å²) in [7, 11) is -1.98. The van der Waals surface area contributed by atoms with Crippen molar-refractivity contribution in [2.24, 2.45) is 11.8 Å². The lowest BCUT2D eigenvalue weighted by Gasteiger charge is -2.29. The Hall–Kier alpha value is -1.64. The number of benzene rings is 1. The minimum absolute atomic E-state index is 0.0518. The van der Waals surface area contributed by atoms with Gasteiger partial charge in [0, 0.05) is 25.0 Å². The number of hydrogen-bond acceptors (Lipinski definition) is 5. The second-order valence-corrected chi connectivity index (χ2v) is 10.2. The summed E-state index contributed by atoms with van der Waals surface area (Å²) in [5.74, 6) is 1.11. The largest absolute Gasteiger partial charge is 0.497 e. The number of nitrogens with zero attached hydrogens (tertiary/aromatic N) is 1. The summed E-state index contributed by atoms with van der Waals surface area (Å²) in [6.07, 6.45) is 5.76. The van der Waals surface area contributed by atoms with Gasteiger partial charge in [0.1, 0.15) is 5.75 Å². The first-order valence-corrected chi connectivity index (χ1v) is 12.6. The normalized spacial score (nSPS) is 25.2. The van der Waals surface area contributed by atoms with Crippen molar-refractivity contribution in [3.8, 4) is 5.75 Å². The van der Waals surface area contributed by atoms with Crippen molar-refractivity contribution in [1.29, 1.82) is 0 Å². The highest BCUT2D eigenvalue weighted by atomic mass is 32.2. The lowest BCUT2D eigenvalue weighted by Crippen LogP contribution is -2.43. The van der Waals surface area contributed by atoms with Crippen molar-refractivity contribution in [3.05, 3.63) is 24.3 Å². The molecule has 0 aromatic heterocycles. The standard InChI is InChI=1S/C22H35N3O4S/c1-3-25-14-4-5-19(25)16-23-22(26)18-8-6-17(7-9-18)15-24-30(27,28)21-12-10-20(29-2)11-13-21/h10-13,17-19,24H,3-9,14-16H2,1-2H3,(H,23,26)/t17?,18?,19-/m1/s1. The van der Waals surface area contributed by atoms with Crippen LogP contribution in [0, 0.1) is 11.8 Å². The van der Waals surface area contributed by atoms with Crippen LogP contribution in [0.2, 0.25) is 0 Å². The second kappa shape index (κ2) is 10.6. The molecule has 168 valence electrons. The predicted molar refractivity (Wildman–Crippen MR) is 117 cm³/mol. The van der Waals surface area contributed by atoms with Crippen LogP contribution in [0.1, 0.15) is 45.4 Å². The fourth-order valence-corrected chi connectivity index (χ4v) is 5.72. The first-order valence-electron chi connectivity index (χ1n) is 11.1. The van der Waals surface area contributed by atoms with Crippen LogP contribution in [0.4, 0.5) is 0 Å². The molecule has 0 spiro atoms. The van der Waals surface area contributed by atoms with E-state index in [1.807, 2.05) is 0 Å². The van der Waals surface area contributed by atoms with Crippen LogP contribution in [-0.4, -0.2) is 58.6 Å². The summed E-state index contributed by atoms with van der Waals surface area (Å²) >= 11 is 0. The van der Waals surface area contributed by atoms with Gasteiger partial charge in [-0.25, -0.2) is 13.1 Å². The molecule has 1 aliphatic heterocycles. The van der Waals surface area contributed by atoms with Crippen LogP contribution in [-0.2, 0) is 14.8 Å². The van der Waals surface area contributed by atoms with Gasteiger partial charge >= 0.3 is 0 Å². The molecule has 1 atom stereocenters. The van der Waals surface area contributed by atoms with E-state index in [2.05, 4.69) is 21.9 Å². The first-order chi connectivity index (χ1) is 14.4. The Morgan fingerprint density at radius 3 is 2.43 bits per heavy atom. The number of carbonyl (C=O) groups is 1. The molecule has 0 bridgehead atoms. The van der Waals surface area contributed by atoms with Gasteiger partial charge in [-0.2, -0.15) is 0 Å². The quantitative estimate of drug-likeness (QED) is 0.619. The number of nitrogens with one attached hydrogen (secondary N) is 2. The number of methoxy groups -OCH3 is 1. The van der Waals surface area contributed by atoms with Crippen molar-refractivity contribution < 1.29 is 17.9 Å². The molecule has 0 unspecified atom stereocenters. The fraction of sp³-hybridized carbons (Fsp3) is 0.682. The van der Waals surface area contributed by atoms with E-state index in [1.165, 1.54) is 6.42 Å². The topological polar surface area (TPSA) is 87.7 Å². The molecule has 1 aromatic carbocycles. The van der Waals surface area contributed by atoms with Crippen molar-refractivity contribution in [3.63, 3.8) is 0 Å². The number of likely N-dealkylation sites (tertiary alicyclic amines) is 1. The average molecular weight is 438 g/mol. The number of ether oxygens (including phenoxy) is 1. The van der Waals surface area contributed by atoms with E-state index in [1.54, 1.807) is 31.4 Å². The minimum atomic E-state index is -3.53. The summed E-state index contributed by atoms with van der Waals surface area (Å²) in [6, 6.07) is 6.86. The first kappa shape index (κ1) is 23.0. The van der Waals surface area contributed by atoms with Crippen LogP contribution in [0.5, 0.6) is 5.75 Å². The molecule has 1 heterocycles. The molecule has 2 fully saturated rings. The van der Waals surface area contributed by atoms with Gasteiger partial charge in [0.05, 0.1) is 12.0 Å². The third kappa shape index (κ3) is 5.95. The highest BCUT2D eigenvalue weighted by molar-refractivity contribution is 7.89. The number of sulfonamides is 1. The molecule has 2 aliphatic rings. The molecule has 1 saturated carbocycles. The Bertz CT molecular complexity index is 789. The predicted octanol–water partition coefficient (Wildman–Crippen LogP) is 2.38. The molecule has 1 saturated heterocycles. The lowest BCUT2D eigenvalue weighted by atomic mass is 9.81. The maximum absolute atomic E-state index is 12.6. The molecule has 1 aliphatic carbocycles. The van der Waals surface area contributed by atoms with Gasteiger partial charge in [-0.15, -0.1) is 0 Å². The number of hydrogen-bond donors (Lipinski definition) is 2. The van der Waals surface area contributed by atoms with Gasteiger partial charge in [-0.05, 0) is 81.8 Å². The number of carbonyl (C=O) groups excluding carboxylic acids is 1. The van der Waals surface area contributed by atoms with Gasteiger partial charge < -0.3 is 10.1 Å². The molecule has 0 radical (unpaired) electrons. The Morgan fingerprint density at radius 1 is 1.10 bits per heavy atom. The summed E-state index contributed by atoms with van der Waals surface area (Å²) in [5.41, 5.74) is 0. The zero-order valence-corrected chi connectivity index (χ0v) is 18.9. The van der Waals surface area contributed by atoms with Crippen LogP contribution < -0.4 is 14.8 Å². The molecule has 8 heteroatoms. The summed E-state index contributed by atoms with van der Waals surface area (Å²) in [5, 5.41) is 3.16. The SMILES string of the molecule is CCN1CCC[C@@H]1CNC(=O)C1CCC(CNS(=O)(=O)c2ccc(OC)cc2)CC1. The van der Waals surface area contributed by atoms with Crippen LogP contribution in [0.3, 0.4) is 0 Å². The van der Waals surface area contributed by atoms with E-state index in [0.717, 1.165) is 51.7 Å². The van der Waals surface area contributed by atoms with Crippen molar-refractivity contribution in [2.75, 3.05) is 33.3 Å². The van der Waals surface area contributed by atoms with Gasteiger partial charge in [0.2, 0.25) is 15.9 Å². The van der Waals surface area contributed by atoms with Gasteiger partial charge in [-0.1, -0.05) is 6.92 Å². The zero-order chi connectivity index (χ0) is 21.6. The van der Waals surface area contributed by atoms with E-state index >= 15 is 0 Å². The van der Waals surface area contributed by atoms with E-state index in [0.29, 0.717) is 18.3 Å². The van der Waals surface area contributed by atoms with Crippen molar-refractivity contribution in [2.45, 2.75) is 56.4 Å². The molecule has 3 rings (SSSR count). The van der Waals surface area contributed by atoms with Crippen LogP contribution in [0.25, 0.3) is 0 Å². The Morgan fingerprint density at radius 2 is 1.80 bits per heavy atom. The molecule has 1 aromatic rings.